The zero-order chi connectivity index (χ0) is 33.0. The van der Waals surface area contributed by atoms with Crippen LogP contribution in [0.5, 0.6) is 0 Å². The molecule has 1 heterocycles. The van der Waals surface area contributed by atoms with E-state index in [2.05, 4.69) is 21.3 Å². The molecule has 18 nitrogen and oxygen atoms in total. The molecule has 1 aliphatic rings. The molecule has 1 fully saturated rings. The normalized spacial score (nSPS) is 18.6. The summed E-state index contributed by atoms with van der Waals surface area (Å²) in [6, 6.07) is -8.39. The number of carboxylic acid groups (broad SMARTS) is 3. The lowest BCUT2D eigenvalue weighted by atomic mass is 9.97. The van der Waals surface area contributed by atoms with Gasteiger partial charge in [-0.15, -0.1) is 0 Å². The molecule has 1 aliphatic heterocycles. The van der Waals surface area contributed by atoms with Gasteiger partial charge in [-0.2, -0.15) is 0 Å². The van der Waals surface area contributed by atoms with E-state index in [4.69, 9.17) is 21.1 Å². The second-order valence-electron chi connectivity index (χ2n) is 10.2. The Morgan fingerprint density at radius 3 is 1.95 bits per heavy atom. The van der Waals surface area contributed by atoms with Crippen LogP contribution in [0.15, 0.2) is 0 Å². The second kappa shape index (κ2) is 17.0. The Morgan fingerprint density at radius 2 is 1.44 bits per heavy atom. The van der Waals surface area contributed by atoms with Crippen LogP contribution in [0.25, 0.3) is 0 Å². The minimum Gasteiger partial charge on any atom is -0.481 e. The van der Waals surface area contributed by atoms with Crippen molar-refractivity contribution in [2.45, 2.75) is 89.1 Å². The summed E-state index contributed by atoms with van der Waals surface area (Å²) in [7, 11) is 0. The van der Waals surface area contributed by atoms with E-state index in [1.807, 2.05) is 0 Å². The van der Waals surface area contributed by atoms with E-state index >= 15 is 0 Å². The van der Waals surface area contributed by atoms with Crippen molar-refractivity contribution in [3.63, 3.8) is 0 Å². The number of nitrogens with one attached hydrogen (secondary N) is 4. The minimum absolute atomic E-state index is 0.142. The Morgan fingerprint density at radius 1 is 0.837 bits per heavy atom. The number of rotatable bonds is 17. The molecule has 0 spiro atoms. The maximum atomic E-state index is 13.5. The molecule has 18 heteroatoms. The first-order valence-corrected chi connectivity index (χ1v) is 13.6. The van der Waals surface area contributed by atoms with E-state index < -0.39 is 109 Å². The maximum Gasteiger partial charge on any atom is 0.328 e. The standard InChI is InChI=1S/C25H40N6O12/c1-4-11(2)19(24(41)31-7-5-6-16(31)23(40)29-15(10-32)25(42)43)30-20(37)12(3)27-22(39)14(9-18(35)36)28-21(38)13(26)8-17(33)34/h11-16,19,32H,4-10,26H2,1-3H3,(H,27,39)(H,28,38)(H,29,40)(H,30,37)(H,33,34)(H,35,36)(H,42,43)/t11-,12-,13-,14-,15-,16-,19-/m0/s1. The average Bonchev–Trinajstić information content (AvgIpc) is 3.42. The molecule has 1 rings (SSSR count). The lowest BCUT2D eigenvalue weighted by molar-refractivity contribution is -0.146. The van der Waals surface area contributed by atoms with Gasteiger partial charge in [-0.1, -0.05) is 20.3 Å². The number of carbonyl (C=O) groups is 8. The van der Waals surface area contributed by atoms with E-state index in [0.29, 0.717) is 12.8 Å². The summed E-state index contributed by atoms with van der Waals surface area (Å²) in [4.78, 5) is 98.7. The highest BCUT2D eigenvalue weighted by Crippen LogP contribution is 2.21. The molecule has 5 amide bonds. The largest absolute Gasteiger partial charge is 0.481 e. The number of aliphatic hydroxyl groups excluding tert-OH is 1. The molecule has 0 aromatic heterocycles. The molecular formula is C25H40N6O12. The van der Waals surface area contributed by atoms with E-state index in [9.17, 15) is 43.5 Å². The highest BCUT2D eigenvalue weighted by molar-refractivity contribution is 5.97. The van der Waals surface area contributed by atoms with Gasteiger partial charge in [-0.25, -0.2) is 4.79 Å². The topological polar surface area (TPSA) is 295 Å². The smallest absolute Gasteiger partial charge is 0.328 e. The van der Waals surface area contributed by atoms with Crippen molar-refractivity contribution in [1.29, 1.82) is 0 Å². The molecule has 0 bridgehead atoms. The number of aliphatic hydroxyl groups is 1. The van der Waals surface area contributed by atoms with E-state index in [1.165, 1.54) is 11.8 Å². The van der Waals surface area contributed by atoms with Crippen molar-refractivity contribution in [3.05, 3.63) is 0 Å². The first-order chi connectivity index (χ1) is 20.0. The molecule has 0 unspecified atom stereocenters. The number of nitrogens with two attached hydrogens (primary N) is 1. The molecule has 242 valence electrons. The molecule has 10 N–H and O–H groups in total. The van der Waals surface area contributed by atoms with E-state index in [-0.39, 0.29) is 13.0 Å². The third kappa shape index (κ3) is 11.1. The van der Waals surface area contributed by atoms with Gasteiger partial charge in [0.05, 0.1) is 25.5 Å². The van der Waals surface area contributed by atoms with Crippen molar-refractivity contribution in [2.75, 3.05) is 13.2 Å². The molecule has 0 aliphatic carbocycles. The van der Waals surface area contributed by atoms with Gasteiger partial charge in [-0.05, 0) is 25.7 Å². The lowest BCUT2D eigenvalue weighted by Gasteiger charge is -2.32. The summed E-state index contributed by atoms with van der Waals surface area (Å²) in [5.41, 5.74) is 5.46. The Kier molecular flexibility index (Phi) is 14.5. The molecule has 0 aromatic carbocycles. The summed E-state index contributed by atoms with van der Waals surface area (Å²) in [5, 5.41) is 45.3. The number of hydrogen-bond acceptors (Lipinski definition) is 10. The first-order valence-electron chi connectivity index (χ1n) is 13.6. The van der Waals surface area contributed by atoms with Gasteiger partial charge in [0.25, 0.3) is 0 Å². The predicted octanol–water partition coefficient (Wildman–Crippen LogP) is -3.66. The van der Waals surface area contributed by atoms with Crippen LogP contribution in [0.1, 0.15) is 52.9 Å². The molecule has 7 atom stereocenters. The number of nitrogens with zero attached hydrogens (tertiary/aromatic N) is 1. The quantitative estimate of drug-likeness (QED) is 0.0762. The van der Waals surface area contributed by atoms with Gasteiger partial charge in [0.1, 0.15) is 30.2 Å². The highest BCUT2D eigenvalue weighted by atomic mass is 16.4. The summed E-state index contributed by atoms with van der Waals surface area (Å²) < 4.78 is 0. The lowest BCUT2D eigenvalue weighted by Crippen LogP contribution is -2.60. The number of likely N-dealkylation sites (tertiary alicyclic amines) is 1. The van der Waals surface area contributed by atoms with Crippen molar-refractivity contribution in [3.8, 4) is 0 Å². The number of hydrogen-bond donors (Lipinski definition) is 9. The fourth-order valence-electron chi connectivity index (χ4n) is 4.22. The molecule has 1 saturated heterocycles. The Bertz CT molecular complexity index is 1080. The van der Waals surface area contributed by atoms with Crippen LogP contribution < -0.4 is 27.0 Å². The van der Waals surface area contributed by atoms with E-state index in [1.54, 1.807) is 13.8 Å². The number of carboxylic acids is 3. The zero-order valence-electron chi connectivity index (χ0n) is 24.1. The van der Waals surface area contributed by atoms with Gasteiger partial charge in [0, 0.05) is 6.54 Å². The minimum atomic E-state index is -1.70. The summed E-state index contributed by atoms with van der Waals surface area (Å²) in [5.74, 6) is -9.22. The highest BCUT2D eigenvalue weighted by Gasteiger charge is 2.40. The molecule has 0 radical (unpaired) electrons. The van der Waals surface area contributed by atoms with Crippen LogP contribution in [0.2, 0.25) is 0 Å². The van der Waals surface area contributed by atoms with Crippen LogP contribution in [0.4, 0.5) is 0 Å². The molecular weight excluding hydrogens is 576 g/mol. The first kappa shape index (κ1) is 36.7. The van der Waals surface area contributed by atoms with E-state index in [0.717, 1.165) is 0 Å². The third-order valence-electron chi connectivity index (χ3n) is 6.91. The van der Waals surface area contributed by atoms with Crippen molar-refractivity contribution < 1.29 is 58.8 Å². The van der Waals surface area contributed by atoms with Crippen molar-refractivity contribution in [1.82, 2.24) is 26.2 Å². The van der Waals surface area contributed by atoms with Crippen molar-refractivity contribution >= 4 is 47.4 Å². The number of amides is 5. The Labute approximate surface area is 246 Å². The second-order valence-corrected chi connectivity index (χ2v) is 10.2. The van der Waals surface area contributed by atoms with Crippen LogP contribution in [0, 0.1) is 5.92 Å². The predicted molar refractivity (Wildman–Crippen MR) is 145 cm³/mol. The third-order valence-corrected chi connectivity index (χ3v) is 6.91. The number of aliphatic carboxylic acids is 3. The van der Waals surface area contributed by atoms with Gasteiger partial charge >= 0.3 is 17.9 Å². The van der Waals surface area contributed by atoms with Crippen molar-refractivity contribution in [2.24, 2.45) is 11.7 Å². The number of carbonyl (C=O) groups excluding carboxylic acids is 5. The van der Waals surface area contributed by atoms with Gasteiger partial charge in [-0.3, -0.25) is 33.6 Å². The van der Waals surface area contributed by atoms with Gasteiger partial charge in [0.15, 0.2) is 0 Å². The van der Waals surface area contributed by atoms with Crippen LogP contribution in [0.3, 0.4) is 0 Å². The summed E-state index contributed by atoms with van der Waals surface area (Å²) >= 11 is 0. The summed E-state index contributed by atoms with van der Waals surface area (Å²) in [6.45, 7) is 3.95. The molecule has 0 aromatic rings. The zero-order valence-corrected chi connectivity index (χ0v) is 24.1. The van der Waals surface area contributed by atoms with Crippen LogP contribution in [-0.2, 0) is 38.4 Å². The molecule has 0 saturated carbocycles. The fourth-order valence-corrected chi connectivity index (χ4v) is 4.22. The SMILES string of the molecule is CC[C@H](C)[C@H](NC(=O)[C@H](C)NC(=O)[C@H](CC(=O)O)NC(=O)[C@@H](N)CC(=O)O)C(=O)N1CCC[C@H]1C(=O)N[C@@H](CO)C(=O)O. The Hall–Kier alpha value is -4.32. The Balaban J connectivity index is 3.01. The van der Waals surface area contributed by atoms with Crippen LogP contribution in [-0.4, -0.2) is 122 Å². The van der Waals surface area contributed by atoms with Crippen LogP contribution >= 0.6 is 0 Å². The van der Waals surface area contributed by atoms with Gasteiger partial charge in [0.2, 0.25) is 29.5 Å². The van der Waals surface area contributed by atoms with Gasteiger partial charge < -0.3 is 52.3 Å². The maximum absolute atomic E-state index is 13.5. The fraction of sp³-hybridized carbons (Fsp3) is 0.680. The average molecular weight is 617 g/mol. The monoisotopic (exact) mass is 616 g/mol. The molecule has 43 heavy (non-hydrogen) atoms. The summed E-state index contributed by atoms with van der Waals surface area (Å²) in [6.07, 6.45) is -0.636.